The first-order chi connectivity index (χ1) is 8.20. The van der Waals surface area contributed by atoms with E-state index in [2.05, 4.69) is 15.4 Å². The number of hydrogen-bond acceptors (Lipinski definition) is 3. The van der Waals surface area contributed by atoms with Crippen LogP contribution < -0.4 is 5.32 Å². The minimum absolute atomic E-state index is 0.692. The average Bonchev–Trinajstić information content (AvgIpc) is 2.64. The van der Waals surface area contributed by atoms with Crippen LogP contribution in [0.5, 0.6) is 0 Å². The zero-order chi connectivity index (χ0) is 12.3. The Labute approximate surface area is 106 Å². The monoisotopic (exact) mass is 250 g/mol. The Morgan fingerprint density at radius 3 is 2.71 bits per heavy atom. The summed E-state index contributed by atoms with van der Waals surface area (Å²) in [6, 6.07) is 4.01. The summed E-state index contributed by atoms with van der Waals surface area (Å²) in [5.74, 6) is 0.895. The van der Waals surface area contributed by atoms with Crippen LogP contribution in [0.25, 0.3) is 0 Å². The molecule has 0 saturated carbocycles. The molecular weight excluding hydrogens is 236 g/mol. The normalized spacial score (nSPS) is 10.5. The third-order valence-electron chi connectivity index (χ3n) is 2.56. The van der Waals surface area contributed by atoms with Crippen LogP contribution in [0.15, 0.2) is 24.5 Å². The van der Waals surface area contributed by atoms with Crippen molar-refractivity contribution in [3.05, 3.63) is 40.8 Å². The van der Waals surface area contributed by atoms with Gasteiger partial charge >= 0.3 is 0 Å². The topological polar surface area (TPSA) is 42.7 Å². The van der Waals surface area contributed by atoms with Gasteiger partial charge in [-0.2, -0.15) is 5.10 Å². The summed E-state index contributed by atoms with van der Waals surface area (Å²) in [5.41, 5.74) is 2.08. The molecule has 0 atom stereocenters. The molecule has 4 nitrogen and oxygen atoms in total. The summed E-state index contributed by atoms with van der Waals surface area (Å²) in [7, 11) is 0. The third-order valence-corrected chi connectivity index (χ3v) is 2.93. The second kappa shape index (κ2) is 5.19. The number of nitrogens with zero attached hydrogens (tertiary/aromatic N) is 3. The Morgan fingerprint density at radius 2 is 2.18 bits per heavy atom. The standard InChI is InChI=1S/C12H15ClN4/c1-3-14-12-5-4-10(6-15-12)8-17-9(2)11(13)7-16-17/h4-7H,3,8H2,1-2H3,(H,14,15). The molecule has 0 aliphatic carbocycles. The number of pyridine rings is 1. The molecule has 2 aromatic rings. The van der Waals surface area contributed by atoms with Crippen molar-refractivity contribution < 1.29 is 0 Å². The molecule has 90 valence electrons. The van der Waals surface area contributed by atoms with E-state index in [9.17, 15) is 0 Å². The number of hydrogen-bond donors (Lipinski definition) is 1. The van der Waals surface area contributed by atoms with Gasteiger partial charge in [0.2, 0.25) is 0 Å². The molecule has 0 aliphatic rings. The predicted molar refractivity (Wildman–Crippen MR) is 69.5 cm³/mol. The summed E-state index contributed by atoms with van der Waals surface area (Å²) in [6.07, 6.45) is 3.52. The highest BCUT2D eigenvalue weighted by molar-refractivity contribution is 6.31. The lowest BCUT2D eigenvalue weighted by atomic mass is 10.3. The Balaban J connectivity index is 2.11. The van der Waals surface area contributed by atoms with E-state index in [0.29, 0.717) is 11.6 Å². The lowest BCUT2D eigenvalue weighted by Gasteiger charge is -2.06. The number of rotatable bonds is 4. The Kier molecular flexibility index (Phi) is 3.64. The molecule has 1 N–H and O–H groups in total. The predicted octanol–water partition coefficient (Wildman–Crippen LogP) is 2.72. The zero-order valence-electron chi connectivity index (χ0n) is 9.94. The van der Waals surface area contributed by atoms with E-state index in [1.54, 1.807) is 6.20 Å². The lowest BCUT2D eigenvalue weighted by molar-refractivity contribution is 0.663. The summed E-state index contributed by atoms with van der Waals surface area (Å²) in [6.45, 7) is 5.57. The second-order valence-electron chi connectivity index (χ2n) is 3.82. The highest BCUT2D eigenvalue weighted by Gasteiger charge is 2.04. The van der Waals surface area contributed by atoms with Gasteiger partial charge in [-0.3, -0.25) is 4.68 Å². The van der Waals surface area contributed by atoms with Crippen LogP contribution in [0.3, 0.4) is 0 Å². The van der Waals surface area contributed by atoms with E-state index >= 15 is 0 Å². The van der Waals surface area contributed by atoms with E-state index in [1.807, 2.05) is 36.9 Å². The molecular formula is C12H15ClN4. The Morgan fingerprint density at radius 1 is 1.35 bits per heavy atom. The van der Waals surface area contributed by atoms with Crippen LogP contribution in [0.2, 0.25) is 5.02 Å². The van der Waals surface area contributed by atoms with Crippen LogP contribution in [-0.4, -0.2) is 21.3 Å². The molecule has 2 aromatic heterocycles. The largest absolute Gasteiger partial charge is 0.370 e. The van der Waals surface area contributed by atoms with Gasteiger partial charge in [0.1, 0.15) is 5.82 Å². The average molecular weight is 251 g/mol. The Hall–Kier alpha value is -1.55. The van der Waals surface area contributed by atoms with Gasteiger partial charge < -0.3 is 5.32 Å². The van der Waals surface area contributed by atoms with Crippen molar-refractivity contribution >= 4 is 17.4 Å². The summed E-state index contributed by atoms with van der Waals surface area (Å²) >= 11 is 5.95. The van der Waals surface area contributed by atoms with E-state index in [0.717, 1.165) is 23.6 Å². The quantitative estimate of drug-likeness (QED) is 0.907. The SMILES string of the molecule is CCNc1ccc(Cn2ncc(Cl)c2C)cn1. The molecule has 0 amide bonds. The molecule has 0 aliphatic heterocycles. The lowest BCUT2D eigenvalue weighted by Crippen LogP contribution is -2.05. The van der Waals surface area contributed by atoms with Crippen molar-refractivity contribution in [2.24, 2.45) is 0 Å². The van der Waals surface area contributed by atoms with Crippen molar-refractivity contribution in [2.45, 2.75) is 20.4 Å². The molecule has 0 unspecified atom stereocenters. The van der Waals surface area contributed by atoms with E-state index in [1.165, 1.54) is 0 Å². The van der Waals surface area contributed by atoms with Crippen molar-refractivity contribution in [3.63, 3.8) is 0 Å². The van der Waals surface area contributed by atoms with Crippen molar-refractivity contribution in [1.82, 2.24) is 14.8 Å². The van der Waals surface area contributed by atoms with Gasteiger partial charge in [-0.25, -0.2) is 4.98 Å². The van der Waals surface area contributed by atoms with Gasteiger partial charge in [0, 0.05) is 12.7 Å². The maximum atomic E-state index is 5.95. The first-order valence-electron chi connectivity index (χ1n) is 5.57. The number of halogens is 1. The van der Waals surface area contributed by atoms with E-state index in [4.69, 9.17) is 11.6 Å². The molecule has 0 aromatic carbocycles. The number of aromatic nitrogens is 3. The van der Waals surface area contributed by atoms with Gasteiger partial charge in [-0.05, 0) is 25.5 Å². The summed E-state index contributed by atoms with van der Waals surface area (Å²) < 4.78 is 1.87. The van der Waals surface area contributed by atoms with Gasteiger partial charge in [-0.1, -0.05) is 17.7 Å². The molecule has 0 saturated heterocycles. The van der Waals surface area contributed by atoms with E-state index < -0.39 is 0 Å². The molecule has 0 bridgehead atoms. The fraction of sp³-hybridized carbons (Fsp3) is 0.333. The van der Waals surface area contributed by atoms with Gasteiger partial charge in [0.25, 0.3) is 0 Å². The van der Waals surface area contributed by atoms with E-state index in [-0.39, 0.29) is 0 Å². The van der Waals surface area contributed by atoms with Crippen molar-refractivity contribution in [3.8, 4) is 0 Å². The first kappa shape index (κ1) is 11.9. The molecule has 2 rings (SSSR count). The fourth-order valence-electron chi connectivity index (χ4n) is 1.56. The first-order valence-corrected chi connectivity index (χ1v) is 5.95. The van der Waals surface area contributed by atoms with Crippen LogP contribution in [0, 0.1) is 6.92 Å². The smallest absolute Gasteiger partial charge is 0.125 e. The fourth-order valence-corrected chi connectivity index (χ4v) is 1.70. The highest BCUT2D eigenvalue weighted by Crippen LogP contribution is 2.15. The van der Waals surface area contributed by atoms with Gasteiger partial charge in [-0.15, -0.1) is 0 Å². The molecule has 0 radical (unpaired) electrons. The van der Waals surface area contributed by atoms with Crippen molar-refractivity contribution in [1.29, 1.82) is 0 Å². The molecule has 17 heavy (non-hydrogen) atoms. The van der Waals surface area contributed by atoms with Crippen molar-refractivity contribution in [2.75, 3.05) is 11.9 Å². The zero-order valence-corrected chi connectivity index (χ0v) is 10.7. The molecule has 0 fully saturated rings. The molecule has 0 spiro atoms. The minimum Gasteiger partial charge on any atom is -0.370 e. The third kappa shape index (κ3) is 2.77. The van der Waals surface area contributed by atoms with Crippen LogP contribution in [-0.2, 0) is 6.54 Å². The van der Waals surface area contributed by atoms with Crippen LogP contribution in [0.4, 0.5) is 5.82 Å². The number of nitrogens with one attached hydrogen (secondary N) is 1. The maximum absolute atomic E-state index is 5.95. The molecule has 2 heterocycles. The Bertz CT molecular complexity index is 490. The highest BCUT2D eigenvalue weighted by atomic mass is 35.5. The second-order valence-corrected chi connectivity index (χ2v) is 4.22. The summed E-state index contributed by atoms with van der Waals surface area (Å²) in [5, 5.41) is 8.07. The van der Waals surface area contributed by atoms with Gasteiger partial charge in [0.05, 0.1) is 23.5 Å². The maximum Gasteiger partial charge on any atom is 0.125 e. The van der Waals surface area contributed by atoms with Crippen LogP contribution >= 0.6 is 11.6 Å². The minimum atomic E-state index is 0.692. The van der Waals surface area contributed by atoms with Crippen LogP contribution in [0.1, 0.15) is 18.2 Å². The number of anilines is 1. The molecule has 5 heteroatoms. The summed E-state index contributed by atoms with van der Waals surface area (Å²) in [4.78, 5) is 4.32. The van der Waals surface area contributed by atoms with Gasteiger partial charge in [0.15, 0.2) is 0 Å².